The van der Waals surface area contributed by atoms with Gasteiger partial charge in [0.1, 0.15) is 5.75 Å². The van der Waals surface area contributed by atoms with Crippen LogP contribution in [0, 0.1) is 5.92 Å². The number of hydrogen-bond acceptors (Lipinski definition) is 3. The molecule has 0 spiro atoms. The monoisotopic (exact) mass is 292 g/mol. The van der Waals surface area contributed by atoms with Crippen LogP contribution in [0.2, 0.25) is 0 Å². The third kappa shape index (κ3) is 6.63. The Balaban J connectivity index is 2.41. The highest BCUT2D eigenvalue weighted by atomic mass is 16.5. The molecule has 3 N–H and O–H groups in total. The molecular formula is C17H28N2O2. The molecule has 118 valence electrons. The molecule has 4 nitrogen and oxygen atoms in total. The number of carbonyl (C=O) groups excluding carboxylic acids is 1. The third-order valence-electron chi connectivity index (χ3n) is 3.59. The quantitative estimate of drug-likeness (QED) is 0.735. The largest absolute Gasteiger partial charge is 0.494 e. The first-order valence-electron chi connectivity index (χ1n) is 7.79. The van der Waals surface area contributed by atoms with Crippen molar-refractivity contribution < 1.29 is 9.53 Å². The molecule has 0 radical (unpaired) electrons. The van der Waals surface area contributed by atoms with Crippen molar-refractivity contribution in [1.29, 1.82) is 0 Å². The minimum atomic E-state index is 0.0120. The summed E-state index contributed by atoms with van der Waals surface area (Å²) in [5.41, 5.74) is 6.60. The molecule has 1 rings (SSSR count). The molecule has 0 fully saturated rings. The summed E-state index contributed by atoms with van der Waals surface area (Å²) in [6.45, 7) is 7.44. The summed E-state index contributed by atoms with van der Waals surface area (Å²) in [5, 5.41) is 3.03. The average molecular weight is 292 g/mol. The van der Waals surface area contributed by atoms with E-state index in [1.165, 1.54) is 0 Å². The van der Waals surface area contributed by atoms with Gasteiger partial charge in [-0.25, -0.2) is 0 Å². The predicted octanol–water partition coefficient (Wildman–Crippen LogP) is 3.03. The zero-order chi connectivity index (χ0) is 15.7. The number of nitrogens with two attached hydrogens (primary N) is 1. The normalized spacial score (nSPS) is 13.5. The van der Waals surface area contributed by atoms with Gasteiger partial charge in [-0.15, -0.1) is 0 Å². The molecule has 0 bridgehead atoms. The Labute approximate surface area is 128 Å². The highest BCUT2D eigenvalue weighted by molar-refractivity contribution is 5.76. The number of benzene rings is 1. The third-order valence-corrected chi connectivity index (χ3v) is 3.59. The molecule has 0 saturated carbocycles. The summed E-state index contributed by atoms with van der Waals surface area (Å²) in [7, 11) is 0. The van der Waals surface area contributed by atoms with Crippen molar-refractivity contribution in [3.63, 3.8) is 0 Å². The zero-order valence-corrected chi connectivity index (χ0v) is 13.4. The van der Waals surface area contributed by atoms with Crippen LogP contribution in [0.4, 0.5) is 0 Å². The second kappa shape index (κ2) is 9.40. The fourth-order valence-electron chi connectivity index (χ4n) is 2.22. The van der Waals surface area contributed by atoms with Gasteiger partial charge in [-0.2, -0.15) is 0 Å². The van der Waals surface area contributed by atoms with Crippen LogP contribution in [-0.4, -0.2) is 19.1 Å². The molecule has 2 atom stereocenters. The zero-order valence-electron chi connectivity index (χ0n) is 13.4. The number of hydrogen-bond donors (Lipinski definition) is 2. The first-order valence-corrected chi connectivity index (χ1v) is 7.79. The van der Waals surface area contributed by atoms with Gasteiger partial charge in [0, 0.05) is 6.42 Å². The van der Waals surface area contributed by atoms with Gasteiger partial charge in [-0.1, -0.05) is 19.1 Å². The lowest BCUT2D eigenvalue weighted by Gasteiger charge is -2.16. The molecule has 0 aliphatic heterocycles. The van der Waals surface area contributed by atoms with Crippen LogP contribution < -0.4 is 15.8 Å². The molecule has 21 heavy (non-hydrogen) atoms. The van der Waals surface area contributed by atoms with Crippen LogP contribution in [0.25, 0.3) is 0 Å². The van der Waals surface area contributed by atoms with Gasteiger partial charge in [0.05, 0.1) is 12.6 Å². The number of rotatable bonds is 9. The summed E-state index contributed by atoms with van der Waals surface area (Å²) < 4.78 is 5.41. The topological polar surface area (TPSA) is 64.3 Å². The second-order valence-corrected chi connectivity index (χ2v) is 5.51. The Morgan fingerprint density at radius 1 is 1.24 bits per heavy atom. The van der Waals surface area contributed by atoms with Gasteiger partial charge in [0.15, 0.2) is 0 Å². The molecule has 4 heteroatoms. The smallest absolute Gasteiger partial charge is 0.220 e. The lowest BCUT2D eigenvalue weighted by atomic mass is 10.0. The number of nitrogens with one attached hydrogen (secondary N) is 1. The summed E-state index contributed by atoms with van der Waals surface area (Å²) in [5.74, 6) is 1.46. The van der Waals surface area contributed by atoms with Crippen molar-refractivity contribution in [3.05, 3.63) is 29.8 Å². The SMILES string of the molecule is CCOc1ccc(C(C)NC(=O)CCC(C)CCN)cc1. The van der Waals surface area contributed by atoms with Gasteiger partial charge >= 0.3 is 0 Å². The average Bonchev–Trinajstić information content (AvgIpc) is 2.46. The van der Waals surface area contributed by atoms with Gasteiger partial charge < -0.3 is 15.8 Å². The summed E-state index contributed by atoms with van der Waals surface area (Å²) in [6, 6.07) is 7.87. The molecule has 0 aliphatic carbocycles. The van der Waals surface area contributed by atoms with E-state index in [2.05, 4.69) is 12.2 Å². The van der Waals surface area contributed by atoms with E-state index >= 15 is 0 Å². The van der Waals surface area contributed by atoms with Gasteiger partial charge in [-0.05, 0) is 56.8 Å². The fourth-order valence-corrected chi connectivity index (χ4v) is 2.22. The van der Waals surface area contributed by atoms with E-state index in [1.807, 2.05) is 38.1 Å². The van der Waals surface area contributed by atoms with Crippen molar-refractivity contribution in [2.45, 2.75) is 46.1 Å². The maximum absolute atomic E-state index is 11.9. The van der Waals surface area contributed by atoms with Crippen molar-refractivity contribution in [2.75, 3.05) is 13.2 Å². The fraction of sp³-hybridized carbons (Fsp3) is 0.588. The molecular weight excluding hydrogens is 264 g/mol. The molecule has 0 saturated heterocycles. The summed E-state index contributed by atoms with van der Waals surface area (Å²) in [4.78, 5) is 11.9. The van der Waals surface area contributed by atoms with E-state index in [9.17, 15) is 4.79 Å². The standard InChI is InChI=1S/C17H28N2O2/c1-4-21-16-8-6-15(7-9-16)14(3)19-17(20)10-5-13(2)11-12-18/h6-9,13-14H,4-5,10-12,18H2,1-3H3,(H,19,20). The van der Waals surface area contributed by atoms with Crippen LogP contribution in [0.5, 0.6) is 5.75 Å². The van der Waals surface area contributed by atoms with Crippen molar-refractivity contribution in [1.82, 2.24) is 5.32 Å². The molecule has 1 amide bonds. The van der Waals surface area contributed by atoms with Gasteiger partial charge in [0.25, 0.3) is 0 Å². The van der Waals surface area contributed by atoms with Crippen molar-refractivity contribution in [3.8, 4) is 5.75 Å². The summed E-state index contributed by atoms with van der Waals surface area (Å²) in [6.07, 6.45) is 2.42. The highest BCUT2D eigenvalue weighted by Gasteiger charge is 2.11. The molecule has 0 heterocycles. The highest BCUT2D eigenvalue weighted by Crippen LogP contribution is 2.18. The first kappa shape index (κ1) is 17.5. The second-order valence-electron chi connectivity index (χ2n) is 5.51. The molecule has 0 aromatic heterocycles. The van der Waals surface area contributed by atoms with Crippen LogP contribution in [0.1, 0.15) is 51.6 Å². The van der Waals surface area contributed by atoms with E-state index in [4.69, 9.17) is 10.5 Å². The Morgan fingerprint density at radius 3 is 2.48 bits per heavy atom. The number of amides is 1. The van der Waals surface area contributed by atoms with E-state index in [1.54, 1.807) is 0 Å². The van der Waals surface area contributed by atoms with Crippen LogP contribution in [0.3, 0.4) is 0 Å². The maximum Gasteiger partial charge on any atom is 0.220 e. The van der Waals surface area contributed by atoms with Crippen LogP contribution in [0.15, 0.2) is 24.3 Å². The van der Waals surface area contributed by atoms with Gasteiger partial charge in [-0.3, -0.25) is 4.79 Å². The molecule has 0 aliphatic rings. The Morgan fingerprint density at radius 2 is 1.90 bits per heavy atom. The van der Waals surface area contributed by atoms with E-state index in [0.717, 1.165) is 24.2 Å². The minimum Gasteiger partial charge on any atom is -0.494 e. The Kier molecular flexibility index (Phi) is 7.83. The van der Waals surface area contributed by atoms with Crippen molar-refractivity contribution in [2.24, 2.45) is 11.7 Å². The first-order chi connectivity index (χ1) is 10.1. The summed E-state index contributed by atoms with van der Waals surface area (Å²) >= 11 is 0. The Hall–Kier alpha value is -1.55. The lowest BCUT2D eigenvalue weighted by molar-refractivity contribution is -0.122. The van der Waals surface area contributed by atoms with E-state index in [0.29, 0.717) is 25.5 Å². The van der Waals surface area contributed by atoms with Crippen LogP contribution in [-0.2, 0) is 4.79 Å². The number of carbonyl (C=O) groups is 1. The molecule has 2 unspecified atom stereocenters. The van der Waals surface area contributed by atoms with Crippen LogP contribution >= 0.6 is 0 Å². The van der Waals surface area contributed by atoms with E-state index in [-0.39, 0.29) is 11.9 Å². The van der Waals surface area contributed by atoms with Crippen molar-refractivity contribution >= 4 is 5.91 Å². The van der Waals surface area contributed by atoms with E-state index < -0.39 is 0 Å². The molecule has 1 aromatic rings. The minimum absolute atomic E-state index is 0.0120. The predicted molar refractivity (Wildman–Crippen MR) is 86.2 cm³/mol. The number of ether oxygens (including phenoxy) is 1. The molecule has 1 aromatic carbocycles. The maximum atomic E-state index is 11.9. The Bertz CT molecular complexity index is 417. The lowest BCUT2D eigenvalue weighted by Crippen LogP contribution is -2.26. The van der Waals surface area contributed by atoms with Gasteiger partial charge in [0.2, 0.25) is 5.91 Å².